The molecule has 2 unspecified atom stereocenters. The van der Waals surface area contributed by atoms with Crippen LogP contribution in [-0.2, 0) is 17.5 Å². The summed E-state index contributed by atoms with van der Waals surface area (Å²) in [6.45, 7) is 0.122. The van der Waals surface area contributed by atoms with E-state index in [9.17, 15) is 18.0 Å². The minimum atomic E-state index is -4.44. The molecule has 2 fully saturated rings. The Morgan fingerprint density at radius 1 is 1.36 bits per heavy atom. The number of carbonyl (C=O) groups excluding carboxylic acids is 1. The van der Waals surface area contributed by atoms with Crippen molar-refractivity contribution in [2.75, 3.05) is 7.05 Å². The van der Waals surface area contributed by atoms with Crippen molar-refractivity contribution >= 4 is 29.7 Å². The number of fused-ring (bicyclic) bond motifs is 2. The van der Waals surface area contributed by atoms with Gasteiger partial charge in [0.15, 0.2) is 5.69 Å². The summed E-state index contributed by atoms with van der Waals surface area (Å²) in [4.78, 5) is 17.8. The van der Waals surface area contributed by atoms with Crippen molar-refractivity contribution in [1.29, 1.82) is 0 Å². The van der Waals surface area contributed by atoms with Crippen molar-refractivity contribution in [3.8, 4) is 0 Å². The van der Waals surface area contributed by atoms with Crippen molar-refractivity contribution < 1.29 is 18.0 Å². The molecule has 0 spiro atoms. The fraction of sp³-hybridized carbons (Fsp3) is 0.750. The van der Waals surface area contributed by atoms with E-state index in [0.717, 1.165) is 42.4 Å². The van der Waals surface area contributed by atoms with E-state index in [1.807, 2.05) is 0 Å². The maximum Gasteiger partial charge on any atom is 0.434 e. The number of thiazole rings is 1. The molecule has 2 aliphatic carbocycles. The first-order valence-corrected chi connectivity index (χ1v) is 9.16. The topological polar surface area (TPSA) is 59.2 Å². The van der Waals surface area contributed by atoms with Crippen molar-refractivity contribution in [2.24, 2.45) is 23.5 Å². The van der Waals surface area contributed by atoms with E-state index in [2.05, 4.69) is 4.98 Å². The molecule has 2 aliphatic rings. The minimum absolute atomic E-state index is 0. The standard InChI is InChI=1S/C16H22F3N3OS.ClH/c1-22(7-13-21-12(8-24-13)16(17,18)19)15(23)11-5-9-3-2-4-10(6-11)14(9)20;/h8-11,14H,2-7,20H2,1H3;1H. The lowest BCUT2D eigenvalue weighted by molar-refractivity contribution is -0.140. The van der Waals surface area contributed by atoms with Gasteiger partial charge in [0.25, 0.3) is 0 Å². The van der Waals surface area contributed by atoms with Crippen molar-refractivity contribution in [1.82, 2.24) is 9.88 Å². The third-order valence-electron chi connectivity index (χ3n) is 5.35. The Morgan fingerprint density at radius 3 is 2.48 bits per heavy atom. The number of halogens is 4. The Labute approximate surface area is 155 Å². The molecule has 2 saturated carbocycles. The Morgan fingerprint density at radius 2 is 1.96 bits per heavy atom. The van der Waals surface area contributed by atoms with Gasteiger partial charge in [0, 0.05) is 24.4 Å². The summed E-state index contributed by atoms with van der Waals surface area (Å²) in [7, 11) is 1.64. The van der Waals surface area contributed by atoms with E-state index < -0.39 is 11.9 Å². The largest absolute Gasteiger partial charge is 0.434 e. The fourth-order valence-electron chi connectivity index (χ4n) is 4.10. The summed E-state index contributed by atoms with van der Waals surface area (Å²) < 4.78 is 37.8. The van der Waals surface area contributed by atoms with Crippen LogP contribution < -0.4 is 5.73 Å². The third kappa shape index (κ3) is 4.46. The van der Waals surface area contributed by atoms with Gasteiger partial charge in [-0.3, -0.25) is 4.79 Å². The van der Waals surface area contributed by atoms with Gasteiger partial charge >= 0.3 is 6.18 Å². The molecule has 0 saturated heterocycles. The Kier molecular flexibility index (Phi) is 6.38. The first-order valence-electron chi connectivity index (χ1n) is 8.28. The van der Waals surface area contributed by atoms with E-state index >= 15 is 0 Å². The summed E-state index contributed by atoms with van der Waals surface area (Å²) in [5.41, 5.74) is 5.36. The monoisotopic (exact) mass is 397 g/mol. The van der Waals surface area contributed by atoms with Gasteiger partial charge in [-0.15, -0.1) is 23.7 Å². The normalized spacial score (nSPS) is 29.0. The van der Waals surface area contributed by atoms with Crippen LogP contribution in [-0.4, -0.2) is 28.9 Å². The lowest BCUT2D eigenvalue weighted by Gasteiger charge is -2.44. The quantitative estimate of drug-likeness (QED) is 0.846. The van der Waals surface area contributed by atoms with Gasteiger partial charge in [0.2, 0.25) is 5.91 Å². The van der Waals surface area contributed by atoms with Crippen molar-refractivity contribution in [3.63, 3.8) is 0 Å². The molecule has 0 radical (unpaired) electrons. The molecule has 3 rings (SSSR count). The number of nitrogens with zero attached hydrogens (tertiary/aromatic N) is 2. The number of hydrogen-bond acceptors (Lipinski definition) is 4. The summed E-state index contributed by atoms with van der Waals surface area (Å²) in [6, 6.07) is 0.196. The molecular weight excluding hydrogens is 375 g/mol. The summed E-state index contributed by atoms with van der Waals surface area (Å²) >= 11 is 0.941. The molecule has 2 N–H and O–H groups in total. The summed E-state index contributed by atoms with van der Waals surface area (Å²) in [5, 5.41) is 1.31. The second-order valence-electron chi connectivity index (χ2n) is 7.02. The lowest BCUT2D eigenvalue weighted by Crippen LogP contribution is -2.49. The van der Waals surface area contributed by atoms with Crippen molar-refractivity contribution in [3.05, 3.63) is 16.1 Å². The highest BCUT2D eigenvalue weighted by atomic mass is 35.5. The Bertz CT molecular complexity index is 596. The molecule has 1 heterocycles. The SMILES string of the molecule is CN(Cc1nc(C(F)(F)F)cs1)C(=O)C1CC2CCCC(C1)C2N.Cl. The molecule has 1 aromatic heterocycles. The first kappa shape index (κ1) is 20.5. The molecule has 142 valence electrons. The Balaban J connectivity index is 0.00000225. The molecule has 9 heteroatoms. The molecule has 25 heavy (non-hydrogen) atoms. The van der Waals surface area contributed by atoms with Gasteiger partial charge in [-0.25, -0.2) is 4.98 Å². The van der Waals surface area contributed by atoms with Crippen LogP contribution in [0.3, 0.4) is 0 Å². The average Bonchev–Trinajstić information content (AvgIpc) is 2.95. The zero-order valence-electron chi connectivity index (χ0n) is 14.0. The molecule has 0 aliphatic heterocycles. The van der Waals surface area contributed by atoms with Crippen LogP contribution in [0.25, 0.3) is 0 Å². The fourth-order valence-corrected chi connectivity index (χ4v) is 4.95. The van der Waals surface area contributed by atoms with Crippen LogP contribution in [0.4, 0.5) is 13.2 Å². The van der Waals surface area contributed by atoms with Crippen LogP contribution in [0.2, 0.25) is 0 Å². The maximum atomic E-state index is 12.7. The maximum absolute atomic E-state index is 12.7. The minimum Gasteiger partial charge on any atom is -0.339 e. The van der Waals surface area contributed by atoms with E-state index in [1.54, 1.807) is 7.05 Å². The number of carbonyl (C=O) groups is 1. The van der Waals surface area contributed by atoms with Gasteiger partial charge < -0.3 is 10.6 Å². The molecule has 4 nitrogen and oxygen atoms in total. The zero-order chi connectivity index (χ0) is 17.5. The number of alkyl halides is 3. The second-order valence-corrected chi connectivity index (χ2v) is 7.96. The van der Waals surface area contributed by atoms with Crippen LogP contribution in [0, 0.1) is 17.8 Å². The van der Waals surface area contributed by atoms with Gasteiger partial charge in [0.05, 0.1) is 6.54 Å². The number of aromatic nitrogens is 1. The lowest BCUT2D eigenvalue weighted by atomic mass is 9.65. The number of rotatable bonds is 3. The first-order chi connectivity index (χ1) is 11.3. The average molecular weight is 398 g/mol. The van der Waals surface area contributed by atoms with Crippen LogP contribution in [0.1, 0.15) is 42.8 Å². The summed E-state index contributed by atoms with van der Waals surface area (Å²) in [6.07, 6.45) is 0.492. The van der Waals surface area contributed by atoms with Gasteiger partial charge in [-0.1, -0.05) is 6.42 Å². The molecular formula is C16H23ClF3N3OS. The molecule has 1 amide bonds. The highest BCUT2D eigenvalue weighted by Crippen LogP contribution is 2.42. The summed E-state index contributed by atoms with van der Waals surface area (Å²) in [5.74, 6) is 0.739. The van der Waals surface area contributed by atoms with E-state index in [-0.39, 0.29) is 36.8 Å². The van der Waals surface area contributed by atoms with Gasteiger partial charge in [-0.05, 0) is 37.5 Å². The van der Waals surface area contributed by atoms with Gasteiger partial charge in [-0.2, -0.15) is 13.2 Å². The van der Waals surface area contributed by atoms with Crippen molar-refractivity contribution in [2.45, 2.75) is 50.9 Å². The highest BCUT2D eigenvalue weighted by molar-refractivity contribution is 7.09. The smallest absolute Gasteiger partial charge is 0.339 e. The van der Waals surface area contributed by atoms with E-state index in [4.69, 9.17) is 5.73 Å². The van der Waals surface area contributed by atoms with Crippen LogP contribution in [0.15, 0.2) is 5.38 Å². The third-order valence-corrected chi connectivity index (χ3v) is 6.19. The molecule has 1 aromatic rings. The van der Waals surface area contributed by atoms with Gasteiger partial charge in [0.1, 0.15) is 5.01 Å². The molecule has 2 atom stereocenters. The molecule has 2 bridgehead atoms. The number of nitrogens with two attached hydrogens (primary N) is 1. The number of hydrogen-bond donors (Lipinski definition) is 1. The highest BCUT2D eigenvalue weighted by Gasteiger charge is 2.41. The van der Waals surface area contributed by atoms with Crippen LogP contribution in [0.5, 0.6) is 0 Å². The second kappa shape index (κ2) is 7.80. The number of amides is 1. The Hall–Kier alpha value is -0.860. The van der Waals surface area contributed by atoms with Crippen LogP contribution >= 0.6 is 23.7 Å². The van der Waals surface area contributed by atoms with E-state index in [0.29, 0.717) is 16.8 Å². The zero-order valence-corrected chi connectivity index (χ0v) is 15.6. The predicted octanol–water partition coefficient (Wildman–Crippen LogP) is 3.70. The van der Waals surface area contributed by atoms with E-state index in [1.165, 1.54) is 11.3 Å². The predicted molar refractivity (Wildman–Crippen MR) is 92.4 cm³/mol. The molecule has 0 aromatic carbocycles.